The van der Waals surface area contributed by atoms with E-state index in [1.165, 1.54) is 5.57 Å². The molecule has 0 saturated carbocycles. The highest BCUT2D eigenvalue weighted by Crippen LogP contribution is 2.34. The van der Waals surface area contributed by atoms with Gasteiger partial charge in [0, 0.05) is 12.8 Å². The molecule has 0 spiro atoms. The summed E-state index contributed by atoms with van der Waals surface area (Å²) in [6.07, 6.45) is 8.85. The first kappa shape index (κ1) is 10.2. The van der Waals surface area contributed by atoms with Crippen LogP contribution in [0.5, 0.6) is 0 Å². The lowest BCUT2D eigenvalue weighted by molar-refractivity contribution is -0.120. The molecule has 0 unspecified atom stereocenters. The van der Waals surface area contributed by atoms with E-state index in [1.54, 1.807) is 0 Å². The van der Waals surface area contributed by atoms with E-state index >= 15 is 0 Å². The molecule has 0 atom stereocenters. The summed E-state index contributed by atoms with van der Waals surface area (Å²) in [5.41, 5.74) is 1.34. The minimum absolute atomic E-state index is 0.0279. The summed E-state index contributed by atoms with van der Waals surface area (Å²) in [4.78, 5) is 11.3. The van der Waals surface area contributed by atoms with Crippen molar-refractivity contribution in [3.8, 4) is 0 Å². The Balaban J connectivity index is 2.65. The van der Waals surface area contributed by atoms with Crippen molar-refractivity contribution in [3.63, 3.8) is 0 Å². The van der Waals surface area contributed by atoms with E-state index in [2.05, 4.69) is 32.1 Å². The number of Topliss-reactive ketones (excluding diaryl/α,β-unsaturated/α-hetero) is 1. The Labute approximate surface area is 80.5 Å². The van der Waals surface area contributed by atoms with Gasteiger partial charge in [-0.3, -0.25) is 4.79 Å². The smallest absolute Gasteiger partial charge is 0.133 e. The predicted molar refractivity (Wildman–Crippen MR) is 55.5 cm³/mol. The fraction of sp³-hybridized carbons (Fsp3) is 0.583. The van der Waals surface area contributed by atoms with Crippen LogP contribution in [0.3, 0.4) is 0 Å². The fourth-order valence-corrected chi connectivity index (χ4v) is 1.68. The second-order valence-electron chi connectivity index (χ2n) is 4.25. The van der Waals surface area contributed by atoms with E-state index in [9.17, 15) is 4.79 Å². The van der Waals surface area contributed by atoms with Crippen LogP contribution in [0.1, 0.15) is 40.0 Å². The normalized spacial score (nSPS) is 16.1. The first-order valence-corrected chi connectivity index (χ1v) is 4.95. The van der Waals surface area contributed by atoms with E-state index < -0.39 is 0 Å². The van der Waals surface area contributed by atoms with Gasteiger partial charge in [-0.1, -0.05) is 39.0 Å². The van der Waals surface area contributed by atoms with Crippen LogP contribution in [0.25, 0.3) is 0 Å². The quantitative estimate of drug-likeness (QED) is 0.645. The van der Waals surface area contributed by atoms with Crippen LogP contribution < -0.4 is 0 Å². The van der Waals surface area contributed by atoms with Crippen LogP contribution in [-0.2, 0) is 4.79 Å². The molecule has 0 heterocycles. The van der Waals surface area contributed by atoms with Crippen LogP contribution in [0, 0.1) is 5.41 Å². The highest BCUT2D eigenvalue weighted by atomic mass is 16.1. The lowest BCUT2D eigenvalue weighted by Crippen LogP contribution is -2.18. The van der Waals surface area contributed by atoms with Gasteiger partial charge in [0.2, 0.25) is 0 Å². The molecule has 1 aliphatic rings. The second-order valence-corrected chi connectivity index (χ2v) is 4.25. The van der Waals surface area contributed by atoms with Gasteiger partial charge in [0.15, 0.2) is 0 Å². The van der Waals surface area contributed by atoms with Gasteiger partial charge in [0.25, 0.3) is 0 Å². The van der Waals surface area contributed by atoms with Crippen molar-refractivity contribution in [3.05, 3.63) is 23.8 Å². The third kappa shape index (κ3) is 2.55. The topological polar surface area (TPSA) is 17.1 Å². The number of carbonyl (C=O) groups excluding carboxylic acids is 1. The Bertz CT molecular complexity index is 256. The van der Waals surface area contributed by atoms with E-state index in [4.69, 9.17) is 0 Å². The molecule has 0 aromatic carbocycles. The van der Waals surface area contributed by atoms with Gasteiger partial charge in [-0.05, 0) is 17.4 Å². The van der Waals surface area contributed by atoms with Crippen molar-refractivity contribution >= 4 is 5.78 Å². The first-order chi connectivity index (χ1) is 6.06. The lowest BCUT2D eigenvalue weighted by Gasteiger charge is -2.24. The van der Waals surface area contributed by atoms with E-state index in [0.29, 0.717) is 18.6 Å². The summed E-state index contributed by atoms with van der Waals surface area (Å²) in [6, 6.07) is 0. The first-order valence-electron chi connectivity index (χ1n) is 4.95. The maximum Gasteiger partial charge on any atom is 0.133 e. The van der Waals surface area contributed by atoms with Gasteiger partial charge in [-0.15, -0.1) is 0 Å². The van der Waals surface area contributed by atoms with Crippen molar-refractivity contribution in [2.75, 3.05) is 0 Å². The van der Waals surface area contributed by atoms with Crippen LogP contribution in [-0.4, -0.2) is 5.78 Å². The zero-order chi connectivity index (χ0) is 9.90. The summed E-state index contributed by atoms with van der Waals surface area (Å²) in [5.74, 6) is 0.353. The molecule has 13 heavy (non-hydrogen) atoms. The molecule has 1 aliphatic carbocycles. The standard InChI is InChI=1S/C12H18O/c1-4-11(13)9-12(2,3)10-7-5-6-8-10/h5,7-8H,4,6,9H2,1-3H3. The third-order valence-electron chi connectivity index (χ3n) is 2.59. The van der Waals surface area contributed by atoms with Gasteiger partial charge < -0.3 is 0 Å². The Morgan fingerprint density at radius 1 is 1.54 bits per heavy atom. The Kier molecular flexibility index (Phi) is 3.07. The van der Waals surface area contributed by atoms with Crippen LogP contribution in [0.15, 0.2) is 23.8 Å². The molecule has 0 aromatic rings. The van der Waals surface area contributed by atoms with Crippen molar-refractivity contribution in [2.24, 2.45) is 5.41 Å². The molecule has 1 nitrogen and oxygen atoms in total. The molecular formula is C12H18O. The van der Waals surface area contributed by atoms with Crippen molar-refractivity contribution in [2.45, 2.75) is 40.0 Å². The summed E-state index contributed by atoms with van der Waals surface area (Å²) < 4.78 is 0. The monoisotopic (exact) mass is 178 g/mol. The summed E-state index contributed by atoms with van der Waals surface area (Å²) >= 11 is 0. The average molecular weight is 178 g/mol. The second kappa shape index (κ2) is 3.91. The number of carbonyl (C=O) groups is 1. The maximum atomic E-state index is 11.3. The van der Waals surface area contributed by atoms with Gasteiger partial charge >= 0.3 is 0 Å². The maximum absolute atomic E-state index is 11.3. The Morgan fingerprint density at radius 3 is 2.69 bits per heavy atom. The summed E-state index contributed by atoms with van der Waals surface area (Å²) in [5, 5.41) is 0. The molecule has 0 amide bonds. The number of rotatable bonds is 4. The van der Waals surface area contributed by atoms with Crippen LogP contribution >= 0.6 is 0 Å². The minimum atomic E-state index is 0.0279. The van der Waals surface area contributed by atoms with Crippen LogP contribution in [0.2, 0.25) is 0 Å². The molecule has 0 aliphatic heterocycles. The highest BCUT2D eigenvalue weighted by molar-refractivity contribution is 5.79. The van der Waals surface area contributed by atoms with E-state index in [-0.39, 0.29) is 5.41 Å². The van der Waals surface area contributed by atoms with E-state index in [0.717, 1.165) is 6.42 Å². The highest BCUT2D eigenvalue weighted by Gasteiger charge is 2.24. The molecule has 0 saturated heterocycles. The van der Waals surface area contributed by atoms with Crippen molar-refractivity contribution < 1.29 is 4.79 Å². The molecule has 0 radical (unpaired) electrons. The largest absolute Gasteiger partial charge is 0.300 e. The molecule has 0 fully saturated rings. The minimum Gasteiger partial charge on any atom is -0.300 e. The summed E-state index contributed by atoms with van der Waals surface area (Å²) in [6.45, 7) is 6.21. The zero-order valence-corrected chi connectivity index (χ0v) is 8.76. The molecule has 72 valence electrons. The molecule has 1 heteroatoms. The zero-order valence-electron chi connectivity index (χ0n) is 8.76. The third-order valence-corrected chi connectivity index (χ3v) is 2.59. The molecule has 1 rings (SSSR count). The van der Waals surface area contributed by atoms with Gasteiger partial charge in [0.05, 0.1) is 0 Å². The summed E-state index contributed by atoms with van der Waals surface area (Å²) in [7, 11) is 0. The fourth-order valence-electron chi connectivity index (χ4n) is 1.68. The lowest BCUT2D eigenvalue weighted by atomic mass is 9.80. The molecular weight excluding hydrogens is 160 g/mol. The van der Waals surface area contributed by atoms with Gasteiger partial charge in [0.1, 0.15) is 5.78 Å². The number of allylic oxidation sites excluding steroid dienone is 4. The van der Waals surface area contributed by atoms with Crippen LogP contribution in [0.4, 0.5) is 0 Å². The molecule has 0 aromatic heterocycles. The SMILES string of the molecule is CCC(=O)CC(C)(C)C1=CCC=C1. The Hall–Kier alpha value is -0.850. The number of hydrogen-bond donors (Lipinski definition) is 0. The molecule has 0 bridgehead atoms. The number of hydrogen-bond acceptors (Lipinski definition) is 1. The predicted octanol–water partition coefficient (Wildman–Crippen LogP) is 3.27. The van der Waals surface area contributed by atoms with Crippen molar-refractivity contribution in [1.29, 1.82) is 0 Å². The van der Waals surface area contributed by atoms with Gasteiger partial charge in [-0.2, -0.15) is 0 Å². The Morgan fingerprint density at radius 2 is 2.23 bits per heavy atom. The van der Waals surface area contributed by atoms with Crippen molar-refractivity contribution in [1.82, 2.24) is 0 Å². The van der Waals surface area contributed by atoms with Gasteiger partial charge in [-0.25, -0.2) is 0 Å². The average Bonchev–Trinajstić information content (AvgIpc) is 2.55. The van der Waals surface area contributed by atoms with E-state index in [1.807, 2.05) is 6.92 Å². The number of ketones is 1. The molecule has 0 N–H and O–H groups in total.